The second-order valence-electron chi connectivity index (χ2n) is 4.54. The minimum atomic E-state index is 0.128. The predicted molar refractivity (Wildman–Crippen MR) is 62.2 cm³/mol. The summed E-state index contributed by atoms with van der Waals surface area (Å²) in [5.74, 6) is 1.43. The monoisotopic (exact) mass is 208 g/mol. The van der Waals surface area contributed by atoms with E-state index in [1.807, 2.05) is 6.92 Å². The van der Waals surface area contributed by atoms with Gasteiger partial charge in [-0.1, -0.05) is 32.0 Å². The first kappa shape index (κ1) is 10.0. The zero-order chi connectivity index (χ0) is 10.3. The van der Waals surface area contributed by atoms with Crippen LogP contribution in [0.25, 0.3) is 0 Å². The highest BCUT2D eigenvalue weighted by atomic mass is 35.5. The molecule has 0 saturated carbocycles. The largest absolute Gasteiger partial charge is 0.118 e. The molecule has 0 aliphatic heterocycles. The van der Waals surface area contributed by atoms with E-state index in [2.05, 4.69) is 32.0 Å². The normalized spacial score (nSPS) is 27.4. The highest BCUT2D eigenvalue weighted by molar-refractivity contribution is 6.20. The van der Waals surface area contributed by atoms with E-state index in [0.717, 1.165) is 5.92 Å². The van der Waals surface area contributed by atoms with E-state index in [-0.39, 0.29) is 5.38 Å². The average molecular weight is 209 g/mol. The number of benzene rings is 1. The van der Waals surface area contributed by atoms with Gasteiger partial charge < -0.3 is 0 Å². The van der Waals surface area contributed by atoms with Crippen LogP contribution in [0.2, 0.25) is 0 Å². The standard InChI is InChI=1S/C13H17Cl/c1-8-6-9(2)13-7-11(10(3)14)4-5-12(8)13/h4-5,7-10H,6H2,1-3H3. The lowest BCUT2D eigenvalue weighted by molar-refractivity contribution is 0.661. The molecule has 3 unspecified atom stereocenters. The quantitative estimate of drug-likeness (QED) is 0.592. The lowest BCUT2D eigenvalue weighted by Gasteiger charge is -2.09. The van der Waals surface area contributed by atoms with Crippen LogP contribution in [0, 0.1) is 0 Å². The Bertz CT molecular complexity index is 341. The Kier molecular flexibility index (Phi) is 2.57. The number of fused-ring (bicyclic) bond motifs is 1. The van der Waals surface area contributed by atoms with Crippen molar-refractivity contribution < 1.29 is 0 Å². The van der Waals surface area contributed by atoms with Crippen molar-refractivity contribution in [1.29, 1.82) is 0 Å². The molecule has 1 aliphatic carbocycles. The van der Waals surface area contributed by atoms with Gasteiger partial charge in [0.15, 0.2) is 0 Å². The first-order valence-electron chi connectivity index (χ1n) is 5.37. The lowest BCUT2D eigenvalue weighted by atomic mass is 9.99. The summed E-state index contributed by atoms with van der Waals surface area (Å²) in [5, 5.41) is 0.128. The Morgan fingerprint density at radius 1 is 1.21 bits per heavy atom. The zero-order valence-corrected chi connectivity index (χ0v) is 9.81. The Morgan fingerprint density at radius 2 is 1.86 bits per heavy atom. The van der Waals surface area contributed by atoms with Gasteiger partial charge in [-0.05, 0) is 41.9 Å². The van der Waals surface area contributed by atoms with Gasteiger partial charge in [-0.2, -0.15) is 0 Å². The summed E-state index contributed by atoms with van der Waals surface area (Å²) >= 11 is 6.09. The molecule has 0 N–H and O–H groups in total. The van der Waals surface area contributed by atoms with Crippen LogP contribution in [-0.4, -0.2) is 0 Å². The van der Waals surface area contributed by atoms with Gasteiger partial charge in [0.1, 0.15) is 0 Å². The van der Waals surface area contributed by atoms with Crippen LogP contribution in [0.4, 0.5) is 0 Å². The number of halogens is 1. The van der Waals surface area contributed by atoms with E-state index in [4.69, 9.17) is 11.6 Å². The number of hydrogen-bond donors (Lipinski definition) is 0. The molecule has 0 heterocycles. The smallest absolute Gasteiger partial charge is 0.0557 e. The summed E-state index contributed by atoms with van der Waals surface area (Å²) in [6, 6.07) is 6.73. The first-order valence-corrected chi connectivity index (χ1v) is 5.81. The maximum Gasteiger partial charge on any atom is 0.0557 e. The van der Waals surface area contributed by atoms with Crippen molar-refractivity contribution in [3.63, 3.8) is 0 Å². The molecular weight excluding hydrogens is 192 g/mol. The van der Waals surface area contributed by atoms with Gasteiger partial charge in [-0.3, -0.25) is 0 Å². The minimum Gasteiger partial charge on any atom is -0.118 e. The van der Waals surface area contributed by atoms with Crippen LogP contribution in [0.5, 0.6) is 0 Å². The summed E-state index contributed by atoms with van der Waals surface area (Å²) in [6.45, 7) is 6.66. The lowest BCUT2D eigenvalue weighted by Crippen LogP contribution is -1.91. The zero-order valence-electron chi connectivity index (χ0n) is 9.05. The Balaban J connectivity index is 2.45. The van der Waals surface area contributed by atoms with Crippen molar-refractivity contribution >= 4 is 11.6 Å². The van der Waals surface area contributed by atoms with Crippen LogP contribution in [-0.2, 0) is 0 Å². The third kappa shape index (κ3) is 1.56. The molecule has 0 amide bonds. The van der Waals surface area contributed by atoms with Gasteiger partial charge in [0.25, 0.3) is 0 Å². The maximum atomic E-state index is 6.09. The Morgan fingerprint density at radius 3 is 2.50 bits per heavy atom. The molecule has 1 aliphatic rings. The molecule has 1 aromatic carbocycles. The van der Waals surface area contributed by atoms with E-state index < -0.39 is 0 Å². The fraction of sp³-hybridized carbons (Fsp3) is 0.538. The molecule has 3 atom stereocenters. The molecule has 0 aromatic heterocycles. The van der Waals surface area contributed by atoms with Gasteiger partial charge in [-0.15, -0.1) is 11.6 Å². The summed E-state index contributed by atoms with van der Waals surface area (Å²) < 4.78 is 0. The van der Waals surface area contributed by atoms with E-state index >= 15 is 0 Å². The number of alkyl halides is 1. The van der Waals surface area contributed by atoms with Crippen molar-refractivity contribution in [2.24, 2.45) is 0 Å². The average Bonchev–Trinajstić information content (AvgIpc) is 2.42. The molecule has 0 fully saturated rings. The first-order chi connectivity index (χ1) is 6.59. The van der Waals surface area contributed by atoms with Gasteiger partial charge >= 0.3 is 0 Å². The van der Waals surface area contributed by atoms with Crippen LogP contribution >= 0.6 is 11.6 Å². The van der Waals surface area contributed by atoms with Gasteiger partial charge in [0.2, 0.25) is 0 Å². The summed E-state index contributed by atoms with van der Waals surface area (Å²) in [5.41, 5.74) is 4.30. The topological polar surface area (TPSA) is 0 Å². The molecule has 14 heavy (non-hydrogen) atoms. The van der Waals surface area contributed by atoms with Gasteiger partial charge in [0.05, 0.1) is 5.38 Å². The van der Waals surface area contributed by atoms with Gasteiger partial charge in [0, 0.05) is 0 Å². The van der Waals surface area contributed by atoms with E-state index in [1.54, 1.807) is 0 Å². The fourth-order valence-electron chi connectivity index (χ4n) is 2.50. The van der Waals surface area contributed by atoms with Crippen LogP contribution < -0.4 is 0 Å². The molecule has 0 nitrogen and oxygen atoms in total. The molecule has 2 rings (SSSR count). The molecule has 1 heteroatoms. The third-order valence-corrected chi connectivity index (χ3v) is 3.59. The van der Waals surface area contributed by atoms with Gasteiger partial charge in [-0.25, -0.2) is 0 Å². The molecule has 0 bridgehead atoms. The predicted octanol–water partition coefficient (Wildman–Crippen LogP) is 4.60. The Hall–Kier alpha value is -0.490. The molecule has 76 valence electrons. The number of hydrogen-bond acceptors (Lipinski definition) is 0. The fourth-order valence-corrected chi connectivity index (χ4v) is 2.64. The summed E-state index contributed by atoms with van der Waals surface area (Å²) in [6.07, 6.45) is 1.29. The maximum absolute atomic E-state index is 6.09. The van der Waals surface area contributed by atoms with E-state index in [9.17, 15) is 0 Å². The van der Waals surface area contributed by atoms with Crippen molar-refractivity contribution in [2.75, 3.05) is 0 Å². The van der Waals surface area contributed by atoms with Crippen LogP contribution in [0.15, 0.2) is 18.2 Å². The molecule has 0 radical (unpaired) electrons. The molecule has 1 aromatic rings. The molecule has 0 saturated heterocycles. The second-order valence-corrected chi connectivity index (χ2v) is 5.20. The van der Waals surface area contributed by atoms with E-state index in [1.165, 1.54) is 23.1 Å². The summed E-state index contributed by atoms with van der Waals surface area (Å²) in [7, 11) is 0. The van der Waals surface area contributed by atoms with Crippen molar-refractivity contribution in [3.8, 4) is 0 Å². The third-order valence-electron chi connectivity index (χ3n) is 3.34. The highest BCUT2D eigenvalue weighted by Gasteiger charge is 2.25. The summed E-state index contributed by atoms with van der Waals surface area (Å²) in [4.78, 5) is 0. The molecule has 0 spiro atoms. The van der Waals surface area contributed by atoms with Crippen molar-refractivity contribution in [1.82, 2.24) is 0 Å². The molecular formula is C13H17Cl. The second kappa shape index (κ2) is 3.58. The SMILES string of the molecule is CC(Cl)c1ccc2c(c1)C(C)CC2C. The van der Waals surface area contributed by atoms with Crippen molar-refractivity contribution in [3.05, 3.63) is 34.9 Å². The number of rotatable bonds is 1. The van der Waals surface area contributed by atoms with Crippen molar-refractivity contribution in [2.45, 2.75) is 44.4 Å². The van der Waals surface area contributed by atoms with Crippen LogP contribution in [0.1, 0.15) is 61.1 Å². The highest BCUT2D eigenvalue weighted by Crippen LogP contribution is 2.42. The van der Waals surface area contributed by atoms with E-state index in [0.29, 0.717) is 5.92 Å². The minimum absolute atomic E-state index is 0.128. The Labute approximate surface area is 91.3 Å². The van der Waals surface area contributed by atoms with Crippen LogP contribution in [0.3, 0.4) is 0 Å².